The van der Waals surface area contributed by atoms with Crippen molar-refractivity contribution in [2.75, 3.05) is 0 Å². The molecule has 8 heteroatoms. The van der Waals surface area contributed by atoms with E-state index in [0.717, 1.165) is 38.5 Å². The first-order valence-electron chi connectivity index (χ1n) is 14.1. The first-order chi connectivity index (χ1) is 17.0. The van der Waals surface area contributed by atoms with Crippen LogP contribution in [0.25, 0.3) is 0 Å². The SMILES string of the molecule is C[C@H](CCC(=O)ON1C(=O)CCC1=O)[C@H]1CC[C@H]2[C@@H]3[C@H](O)C[C@@H]4C[C@H](O)CC[C@]4(C)[C@H]3C[C@H](O)[C@]12C. The molecule has 0 aromatic carbocycles. The van der Waals surface area contributed by atoms with Crippen molar-refractivity contribution in [2.24, 2.45) is 46.3 Å². The van der Waals surface area contributed by atoms with Crippen LogP contribution >= 0.6 is 0 Å². The maximum Gasteiger partial charge on any atom is 0.333 e. The van der Waals surface area contributed by atoms with Gasteiger partial charge in [-0.1, -0.05) is 20.8 Å². The average Bonchev–Trinajstić information content (AvgIpc) is 3.34. The van der Waals surface area contributed by atoms with E-state index in [-0.39, 0.29) is 65.8 Å². The van der Waals surface area contributed by atoms with E-state index in [1.165, 1.54) is 0 Å². The number of hydrogen-bond donors (Lipinski definition) is 3. The molecular weight excluding hydrogens is 462 g/mol. The minimum absolute atomic E-state index is 0.0450. The molecule has 0 unspecified atom stereocenters. The number of fused-ring (bicyclic) bond motifs is 5. The summed E-state index contributed by atoms with van der Waals surface area (Å²) in [7, 11) is 0. The van der Waals surface area contributed by atoms with Gasteiger partial charge in [-0.3, -0.25) is 9.59 Å². The van der Waals surface area contributed by atoms with Gasteiger partial charge in [0, 0.05) is 19.3 Å². The van der Waals surface area contributed by atoms with Crippen molar-refractivity contribution < 1.29 is 34.5 Å². The molecule has 36 heavy (non-hydrogen) atoms. The number of nitrogens with zero attached hydrogens (tertiary/aromatic N) is 1. The summed E-state index contributed by atoms with van der Waals surface area (Å²) in [5, 5.41) is 33.9. The summed E-state index contributed by atoms with van der Waals surface area (Å²) in [5.41, 5.74) is -0.285. The van der Waals surface area contributed by atoms with E-state index in [4.69, 9.17) is 4.84 Å². The van der Waals surface area contributed by atoms with Crippen LogP contribution in [0.3, 0.4) is 0 Å². The molecule has 11 atom stereocenters. The second kappa shape index (κ2) is 9.35. The van der Waals surface area contributed by atoms with Crippen LogP contribution in [0.15, 0.2) is 0 Å². The van der Waals surface area contributed by atoms with Gasteiger partial charge in [-0.05, 0) is 97.7 Å². The molecule has 0 aromatic rings. The molecule has 5 fully saturated rings. The molecule has 0 spiro atoms. The van der Waals surface area contributed by atoms with Crippen LogP contribution in [0, 0.1) is 46.3 Å². The molecule has 5 rings (SSSR count). The normalized spacial score (nSPS) is 47.2. The number of hydrogen-bond acceptors (Lipinski definition) is 7. The highest BCUT2D eigenvalue weighted by atomic mass is 16.7. The molecule has 3 N–H and O–H groups in total. The first-order valence-corrected chi connectivity index (χ1v) is 14.1. The third-order valence-electron chi connectivity index (χ3n) is 11.5. The molecule has 5 aliphatic rings. The lowest BCUT2D eigenvalue weighted by atomic mass is 9.43. The molecule has 0 radical (unpaired) electrons. The van der Waals surface area contributed by atoms with E-state index in [0.29, 0.717) is 23.8 Å². The molecule has 4 aliphatic carbocycles. The molecule has 1 heterocycles. The summed E-state index contributed by atoms with van der Waals surface area (Å²) in [5.74, 6) is -0.213. The molecular formula is C28H43NO7. The molecule has 4 saturated carbocycles. The second-order valence-electron chi connectivity index (χ2n) is 13.1. The van der Waals surface area contributed by atoms with Crippen LogP contribution in [-0.2, 0) is 19.2 Å². The summed E-state index contributed by atoms with van der Waals surface area (Å²) in [6.07, 6.45) is 5.50. The van der Waals surface area contributed by atoms with Gasteiger partial charge in [0.25, 0.3) is 11.8 Å². The Kier molecular flexibility index (Phi) is 6.78. The Morgan fingerprint density at radius 1 is 1.03 bits per heavy atom. The van der Waals surface area contributed by atoms with Gasteiger partial charge in [0.15, 0.2) is 0 Å². The van der Waals surface area contributed by atoms with Gasteiger partial charge in [0.2, 0.25) is 0 Å². The number of carbonyl (C=O) groups excluding carboxylic acids is 3. The van der Waals surface area contributed by atoms with Crippen LogP contribution in [0.1, 0.15) is 91.4 Å². The van der Waals surface area contributed by atoms with Crippen molar-refractivity contribution >= 4 is 17.8 Å². The largest absolute Gasteiger partial charge is 0.393 e. The van der Waals surface area contributed by atoms with E-state index in [9.17, 15) is 29.7 Å². The van der Waals surface area contributed by atoms with Gasteiger partial charge in [-0.25, -0.2) is 4.79 Å². The van der Waals surface area contributed by atoms with E-state index in [1.807, 2.05) is 0 Å². The van der Waals surface area contributed by atoms with Crippen LogP contribution < -0.4 is 0 Å². The van der Waals surface area contributed by atoms with Crippen LogP contribution in [0.2, 0.25) is 0 Å². The van der Waals surface area contributed by atoms with Crippen molar-refractivity contribution in [1.82, 2.24) is 5.06 Å². The second-order valence-corrected chi connectivity index (χ2v) is 13.1. The van der Waals surface area contributed by atoms with Gasteiger partial charge in [-0.15, -0.1) is 5.06 Å². The Bertz CT molecular complexity index is 892. The summed E-state index contributed by atoms with van der Waals surface area (Å²) >= 11 is 0. The van der Waals surface area contributed by atoms with Gasteiger partial charge in [0.05, 0.1) is 18.3 Å². The Morgan fingerprint density at radius 3 is 2.42 bits per heavy atom. The third-order valence-corrected chi connectivity index (χ3v) is 11.5. The van der Waals surface area contributed by atoms with E-state index in [2.05, 4.69) is 20.8 Å². The van der Waals surface area contributed by atoms with Crippen LogP contribution in [0.5, 0.6) is 0 Å². The van der Waals surface area contributed by atoms with Crippen molar-refractivity contribution in [3.8, 4) is 0 Å². The zero-order valence-electron chi connectivity index (χ0n) is 21.9. The number of rotatable bonds is 5. The molecule has 2 amide bonds. The Morgan fingerprint density at radius 2 is 1.72 bits per heavy atom. The quantitative estimate of drug-likeness (QED) is 0.491. The van der Waals surface area contributed by atoms with Crippen molar-refractivity contribution in [3.63, 3.8) is 0 Å². The molecule has 202 valence electrons. The third kappa shape index (κ3) is 4.02. The maximum atomic E-state index is 12.4. The molecule has 0 aromatic heterocycles. The lowest BCUT2D eigenvalue weighted by Gasteiger charge is -2.63. The van der Waals surface area contributed by atoms with Gasteiger partial charge in [-0.2, -0.15) is 0 Å². The number of amides is 2. The summed E-state index contributed by atoms with van der Waals surface area (Å²) < 4.78 is 0. The van der Waals surface area contributed by atoms with Crippen LogP contribution in [-0.4, -0.2) is 56.5 Å². The van der Waals surface area contributed by atoms with Crippen molar-refractivity contribution in [1.29, 1.82) is 0 Å². The van der Waals surface area contributed by atoms with Crippen molar-refractivity contribution in [3.05, 3.63) is 0 Å². The maximum absolute atomic E-state index is 12.4. The van der Waals surface area contributed by atoms with E-state index >= 15 is 0 Å². The minimum atomic E-state index is -0.574. The molecule has 1 saturated heterocycles. The minimum Gasteiger partial charge on any atom is -0.393 e. The van der Waals surface area contributed by atoms with Gasteiger partial charge < -0.3 is 20.2 Å². The fraction of sp³-hybridized carbons (Fsp3) is 0.893. The van der Waals surface area contributed by atoms with E-state index in [1.54, 1.807) is 0 Å². The number of carbonyl (C=O) groups is 3. The smallest absolute Gasteiger partial charge is 0.333 e. The number of aliphatic hydroxyl groups is 3. The lowest BCUT2D eigenvalue weighted by molar-refractivity contribution is -0.207. The molecule has 0 bridgehead atoms. The summed E-state index contributed by atoms with van der Waals surface area (Å²) in [6, 6.07) is 0. The Balaban J connectivity index is 1.27. The highest BCUT2D eigenvalue weighted by Gasteiger charge is 2.65. The Labute approximate surface area is 213 Å². The number of hydroxylamine groups is 2. The van der Waals surface area contributed by atoms with Crippen LogP contribution in [0.4, 0.5) is 0 Å². The summed E-state index contributed by atoms with van der Waals surface area (Å²) in [6.45, 7) is 6.64. The summed E-state index contributed by atoms with van der Waals surface area (Å²) in [4.78, 5) is 40.9. The number of aliphatic hydroxyl groups excluding tert-OH is 3. The fourth-order valence-electron chi connectivity index (χ4n) is 9.48. The monoisotopic (exact) mass is 505 g/mol. The lowest BCUT2D eigenvalue weighted by Crippen LogP contribution is -2.62. The van der Waals surface area contributed by atoms with Gasteiger partial charge in [0.1, 0.15) is 0 Å². The standard InChI is InChI=1S/C28H43NO7/c1-15(4-9-25(35)36-29-23(33)7-8-24(29)34)18-5-6-19-26-20(14-22(32)28(18,19)3)27(2)11-10-17(30)12-16(27)13-21(26)31/h15-22,26,30-32H,4-14H2,1-3H3/t15-,16+,17-,18-,19+,20+,21-,22+,26+,27+,28-/m1/s1. The zero-order chi connectivity index (χ0) is 26.0. The molecule has 1 aliphatic heterocycles. The van der Waals surface area contributed by atoms with Gasteiger partial charge >= 0.3 is 5.97 Å². The van der Waals surface area contributed by atoms with Crippen molar-refractivity contribution in [2.45, 2.75) is 110 Å². The highest BCUT2D eigenvalue weighted by Crippen LogP contribution is 2.68. The first kappa shape index (κ1) is 26.1. The fourth-order valence-corrected chi connectivity index (χ4v) is 9.48. The van der Waals surface area contributed by atoms with E-state index < -0.39 is 30.0 Å². The predicted molar refractivity (Wildman–Crippen MR) is 130 cm³/mol. The Hall–Kier alpha value is -1.51. The predicted octanol–water partition coefficient (Wildman–Crippen LogP) is 2.97. The number of imide groups is 1. The topological polar surface area (TPSA) is 124 Å². The average molecular weight is 506 g/mol. The highest BCUT2D eigenvalue weighted by molar-refractivity contribution is 6.01. The molecule has 8 nitrogen and oxygen atoms in total. The zero-order valence-corrected chi connectivity index (χ0v) is 21.9.